The summed E-state index contributed by atoms with van der Waals surface area (Å²) in [6.45, 7) is 6.19. The Bertz CT molecular complexity index is 776. The molecule has 0 aliphatic rings. The maximum atomic E-state index is 13.9. The van der Waals surface area contributed by atoms with E-state index in [1.165, 1.54) is 24.5 Å². The zero-order valence-corrected chi connectivity index (χ0v) is 15.0. The van der Waals surface area contributed by atoms with Crippen molar-refractivity contribution in [1.29, 1.82) is 0 Å². The lowest BCUT2D eigenvalue weighted by molar-refractivity contribution is -0.115. The third-order valence-corrected chi connectivity index (χ3v) is 3.64. The molecule has 1 aromatic heterocycles. The number of hydrogen-bond acceptors (Lipinski definition) is 4. The molecule has 0 fully saturated rings. The van der Waals surface area contributed by atoms with Gasteiger partial charge in [-0.1, -0.05) is 13.8 Å². The molecule has 3 N–H and O–H groups in total. The van der Waals surface area contributed by atoms with E-state index in [0.29, 0.717) is 24.5 Å². The number of benzene rings is 1. The Kier molecular flexibility index (Phi) is 6.65. The van der Waals surface area contributed by atoms with E-state index >= 15 is 0 Å². The van der Waals surface area contributed by atoms with Crippen LogP contribution in [0.1, 0.15) is 45.5 Å². The van der Waals surface area contributed by atoms with Crippen molar-refractivity contribution in [3.63, 3.8) is 0 Å². The predicted octanol–water partition coefficient (Wildman–Crippen LogP) is 3.06. The van der Waals surface area contributed by atoms with Crippen molar-refractivity contribution in [2.45, 2.75) is 46.2 Å². The normalized spacial score (nSPS) is 11.7. The molecular weight excluding hydrogens is 339 g/mol. The SMILES string of the molecule is CCCn1ncnc1C(C)NC(=O)Nc1cc(NC(=O)CC)ccc1F. The number of carbonyl (C=O) groups is 2. The van der Waals surface area contributed by atoms with Gasteiger partial charge in [0.2, 0.25) is 5.91 Å². The van der Waals surface area contributed by atoms with Crippen LogP contribution in [0.15, 0.2) is 24.5 Å². The number of rotatable bonds is 7. The van der Waals surface area contributed by atoms with Gasteiger partial charge in [-0.05, 0) is 31.5 Å². The van der Waals surface area contributed by atoms with E-state index in [4.69, 9.17) is 0 Å². The minimum atomic E-state index is -0.601. The van der Waals surface area contributed by atoms with Crippen LogP contribution in [0.3, 0.4) is 0 Å². The molecule has 0 bridgehead atoms. The number of halogens is 1. The van der Waals surface area contributed by atoms with Crippen molar-refractivity contribution in [3.8, 4) is 0 Å². The topological polar surface area (TPSA) is 101 Å². The fraction of sp³-hybridized carbons (Fsp3) is 0.412. The summed E-state index contributed by atoms with van der Waals surface area (Å²) in [6, 6.07) is 2.99. The minimum Gasteiger partial charge on any atom is -0.328 e. The molecule has 1 heterocycles. The van der Waals surface area contributed by atoms with Crippen LogP contribution >= 0.6 is 0 Å². The van der Waals surface area contributed by atoms with E-state index in [1.54, 1.807) is 18.5 Å². The summed E-state index contributed by atoms with van der Waals surface area (Å²) in [4.78, 5) is 27.8. The summed E-state index contributed by atoms with van der Waals surface area (Å²) >= 11 is 0. The van der Waals surface area contributed by atoms with Crippen LogP contribution in [0.2, 0.25) is 0 Å². The predicted molar refractivity (Wildman–Crippen MR) is 96.2 cm³/mol. The number of hydrogen-bond donors (Lipinski definition) is 3. The number of aromatic nitrogens is 3. The summed E-state index contributed by atoms with van der Waals surface area (Å²) in [5.41, 5.74) is 0.378. The first-order chi connectivity index (χ1) is 12.4. The lowest BCUT2D eigenvalue weighted by Gasteiger charge is -2.15. The van der Waals surface area contributed by atoms with Crippen LogP contribution in [-0.4, -0.2) is 26.7 Å². The second kappa shape index (κ2) is 8.93. The Morgan fingerprint density at radius 1 is 1.27 bits per heavy atom. The van der Waals surface area contributed by atoms with Gasteiger partial charge >= 0.3 is 6.03 Å². The molecule has 0 saturated carbocycles. The van der Waals surface area contributed by atoms with E-state index in [2.05, 4.69) is 26.0 Å². The van der Waals surface area contributed by atoms with Gasteiger partial charge in [-0.2, -0.15) is 5.10 Å². The first kappa shape index (κ1) is 19.4. The van der Waals surface area contributed by atoms with Crippen molar-refractivity contribution in [2.24, 2.45) is 0 Å². The second-order valence-corrected chi connectivity index (χ2v) is 5.76. The molecule has 3 amide bonds. The van der Waals surface area contributed by atoms with Crippen molar-refractivity contribution >= 4 is 23.3 Å². The summed E-state index contributed by atoms with van der Waals surface area (Å²) in [7, 11) is 0. The molecule has 0 radical (unpaired) electrons. The lowest BCUT2D eigenvalue weighted by Crippen LogP contribution is -2.33. The van der Waals surface area contributed by atoms with Crippen LogP contribution in [0.5, 0.6) is 0 Å². The highest BCUT2D eigenvalue weighted by molar-refractivity contribution is 5.93. The number of nitrogens with zero attached hydrogens (tertiary/aromatic N) is 3. The number of aryl methyl sites for hydroxylation is 1. The van der Waals surface area contributed by atoms with Gasteiger partial charge in [0.15, 0.2) is 0 Å². The van der Waals surface area contributed by atoms with Crippen molar-refractivity contribution < 1.29 is 14.0 Å². The standard InChI is InChI=1S/C17H23FN6O2/c1-4-8-24-16(19-10-20-24)11(3)21-17(26)23-14-9-12(6-7-13(14)18)22-15(25)5-2/h6-7,9-11H,4-5,8H2,1-3H3,(H,22,25)(H2,21,23,26). The highest BCUT2D eigenvalue weighted by Crippen LogP contribution is 2.20. The number of anilines is 2. The molecule has 1 unspecified atom stereocenters. The highest BCUT2D eigenvalue weighted by Gasteiger charge is 2.16. The van der Waals surface area contributed by atoms with Gasteiger partial charge in [0.05, 0.1) is 11.7 Å². The minimum absolute atomic E-state index is 0.0290. The van der Waals surface area contributed by atoms with E-state index < -0.39 is 17.9 Å². The van der Waals surface area contributed by atoms with E-state index in [1.807, 2.05) is 6.92 Å². The van der Waals surface area contributed by atoms with E-state index in [-0.39, 0.29) is 11.6 Å². The fourth-order valence-corrected chi connectivity index (χ4v) is 2.36. The maximum absolute atomic E-state index is 13.9. The Labute approximate surface area is 151 Å². The van der Waals surface area contributed by atoms with Crippen LogP contribution in [0, 0.1) is 5.82 Å². The summed E-state index contributed by atoms with van der Waals surface area (Å²) in [5.74, 6) is -0.182. The van der Waals surface area contributed by atoms with Crippen LogP contribution in [0.4, 0.5) is 20.6 Å². The van der Waals surface area contributed by atoms with Crippen LogP contribution in [0.25, 0.3) is 0 Å². The third-order valence-electron chi connectivity index (χ3n) is 3.64. The lowest BCUT2D eigenvalue weighted by atomic mass is 10.2. The Hall–Kier alpha value is -2.97. The second-order valence-electron chi connectivity index (χ2n) is 5.76. The number of urea groups is 1. The molecule has 0 aliphatic heterocycles. The number of nitrogens with one attached hydrogen (secondary N) is 3. The molecule has 0 spiro atoms. The van der Waals surface area contributed by atoms with Crippen molar-refractivity contribution in [2.75, 3.05) is 10.6 Å². The van der Waals surface area contributed by atoms with E-state index in [9.17, 15) is 14.0 Å². The zero-order valence-electron chi connectivity index (χ0n) is 15.0. The first-order valence-electron chi connectivity index (χ1n) is 8.49. The van der Waals surface area contributed by atoms with Gasteiger partial charge in [0.25, 0.3) is 0 Å². The number of carbonyl (C=O) groups excluding carboxylic acids is 2. The Morgan fingerprint density at radius 3 is 2.73 bits per heavy atom. The fourth-order valence-electron chi connectivity index (χ4n) is 2.36. The average molecular weight is 362 g/mol. The molecule has 26 heavy (non-hydrogen) atoms. The molecule has 2 rings (SSSR count). The molecule has 1 atom stereocenters. The monoisotopic (exact) mass is 362 g/mol. The smallest absolute Gasteiger partial charge is 0.319 e. The Morgan fingerprint density at radius 2 is 2.04 bits per heavy atom. The average Bonchev–Trinajstić information content (AvgIpc) is 3.06. The van der Waals surface area contributed by atoms with Crippen molar-refractivity contribution in [1.82, 2.24) is 20.1 Å². The summed E-state index contributed by atoms with van der Waals surface area (Å²) < 4.78 is 15.7. The summed E-state index contributed by atoms with van der Waals surface area (Å²) in [6.07, 6.45) is 2.62. The van der Waals surface area contributed by atoms with Crippen molar-refractivity contribution in [3.05, 3.63) is 36.2 Å². The van der Waals surface area contributed by atoms with Gasteiger partial charge in [-0.15, -0.1) is 0 Å². The first-order valence-corrected chi connectivity index (χ1v) is 8.49. The molecule has 8 nitrogen and oxygen atoms in total. The molecule has 0 aliphatic carbocycles. The largest absolute Gasteiger partial charge is 0.328 e. The third kappa shape index (κ3) is 5.01. The summed E-state index contributed by atoms with van der Waals surface area (Å²) in [5, 5.41) is 11.9. The molecule has 2 aromatic rings. The molecule has 0 saturated heterocycles. The molecule has 140 valence electrons. The van der Waals surface area contributed by atoms with Gasteiger partial charge in [0.1, 0.15) is 18.0 Å². The van der Waals surface area contributed by atoms with Gasteiger partial charge in [-0.3, -0.25) is 4.79 Å². The van der Waals surface area contributed by atoms with Crippen LogP contribution in [-0.2, 0) is 11.3 Å². The molecular formula is C17H23FN6O2. The zero-order chi connectivity index (χ0) is 19.1. The van der Waals surface area contributed by atoms with E-state index in [0.717, 1.165) is 6.42 Å². The van der Waals surface area contributed by atoms with Gasteiger partial charge in [-0.25, -0.2) is 18.9 Å². The van der Waals surface area contributed by atoms with Gasteiger partial charge < -0.3 is 16.0 Å². The highest BCUT2D eigenvalue weighted by atomic mass is 19.1. The molecule has 1 aromatic carbocycles. The van der Waals surface area contributed by atoms with Crippen LogP contribution < -0.4 is 16.0 Å². The number of amides is 3. The quantitative estimate of drug-likeness (QED) is 0.704. The Balaban J connectivity index is 2.03. The molecule has 9 heteroatoms. The maximum Gasteiger partial charge on any atom is 0.319 e. The van der Waals surface area contributed by atoms with Gasteiger partial charge in [0, 0.05) is 18.7 Å².